The summed E-state index contributed by atoms with van der Waals surface area (Å²) < 4.78 is 16.2. The normalized spacial score (nSPS) is 10.6. The highest BCUT2D eigenvalue weighted by atomic mass is 16.5. The van der Waals surface area contributed by atoms with Gasteiger partial charge in [0.25, 0.3) is 0 Å². The minimum absolute atomic E-state index is 0.116. The molecule has 0 bridgehead atoms. The lowest BCUT2D eigenvalue weighted by atomic mass is 10.2. The molecule has 0 aliphatic carbocycles. The van der Waals surface area contributed by atoms with Gasteiger partial charge in [-0.3, -0.25) is 4.79 Å². The van der Waals surface area contributed by atoms with Gasteiger partial charge in [0.1, 0.15) is 23.8 Å². The third kappa shape index (κ3) is 4.50. The minimum Gasteiger partial charge on any atom is -0.494 e. The zero-order chi connectivity index (χ0) is 17.5. The quantitative estimate of drug-likeness (QED) is 0.638. The van der Waals surface area contributed by atoms with Crippen molar-refractivity contribution >= 4 is 16.9 Å². The van der Waals surface area contributed by atoms with Crippen LogP contribution in [0.25, 0.3) is 11.0 Å². The molecule has 1 amide bonds. The molecule has 0 atom stereocenters. The van der Waals surface area contributed by atoms with Crippen LogP contribution in [0.3, 0.4) is 0 Å². The van der Waals surface area contributed by atoms with Crippen LogP contribution in [0.15, 0.2) is 53.1 Å². The van der Waals surface area contributed by atoms with Crippen LogP contribution in [0.2, 0.25) is 0 Å². The van der Waals surface area contributed by atoms with Crippen molar-refractivity contribution in [2.45, 2.75) is 13.3 Å². The van der Waals surface area contributed by atoms with Gasteiger partial charge in [0.05, 0.1) is 19.6 Å². The molecular formula is C19H20N2O4. The molecule has 0 aliphatic rings. The summed E-state index contributed by atoms with van der Waals surface area (Å²) in [5.74, 6) is 1.43. The molecule has 0 saturated carbocycles. The Morgan fingerprint density at radius 1 is 1.08 bits per heavy atom. The summed E-state index contributed by atoms with van der Waals surface area (Å²) in [4.78, 5) is 12.0. The number of nitrogens with one attached hydrogen (secondary N) is 1. The molecule has 6 heteroatoms. The highest BCUT2D eigenvalue weighted by Gasteiger charge is 2.11. The number of carbonyl (C=O) groups excluding carboxylic acids is 1. The first-order valence-corrected chi connectivity index (χ1v) is 8.22. The number of nitrogens with zero attached hydrogens (tertiary/aromatic N) is 1. The summed E-state index contributed by atoms with van der Waals surface area (Å²) in [6.07, 6.45) is 0.181. The molecular weight excluding hydrogens is 320 g/mol. The van der Waals surface area contributed by atoms with Crippen molar-refractivity contribution < 1.29 is 18.8 Å². The molecule has 1 heterocycles. The number of ether oxygens (including phenoxy) is 2. The van der Waals surface area contributed by atoms with Gasteiger partial charge < -0.3 is 19.3 Å². The Balaban J connectivity index is 1.42. The van der Waals surface area contributed by atoms with Gasteiger partial charge in [0.2, 0.25) is 5.91 Å². The van der Waals surface area contributed by atoms with Gasteiger partial charge in [-0.2, -0.15) is 0 Å². The third-order valence-corrected chi connectivity index (χ3v) is 3.61. The highest BCUT2D eigenvalue weighted by Crippen LogP contribution is 2.18. The number of hydrogen-bond donors (Lipinski definition) is 1. The van der Waals surface area contributed by atoms with Crippen LogP contribution in [-0.2, 0) is 11.2 Å². The van der Waals surface area contributed by atoms with E-state index in [0.717, 1.165) is 16.9 Å². The van der Waals surface area contributed by atoms with Gasteiger partial charge in [-0.05, 0) is 43.3 Å². The first-order chi connectivity index (χ1) is 12.3. The fourth-order valence-corrected chi connectivity index (χ4v) is 2.44. The van der Waals surface area contributed by atoms with Crippen LogP contribution in [0, 0.1) is 0 Å². The van der Waals surface area contributed by atoms with Crippen molar-refractivity contribution in [3.05, 3.63) is 54.2 Å². The number of hydrogen-bond acceptors (Lipinski definition) is 5. The second kappa shape index (κ2) is 8.19. The molecule has 1 aromatic heterocycles. The van der Waals surface area contributed by atoms with E-state index >= 15 is 0 Å². The van der Waals surface area contributed by atoms with Crippen molar-refractivity contribution in [2.75, 3.05) is 19.8 Å². The van der Waals surface area contributed by atoms with Crippen molar-refractivity contribution in [1.29, 1.82) is 0 Å². The number of para-hydroxylation sites is 1. The molecule has 6 nitrogen and oxygen atoms in total. The average molecular weight is 340 g/mol. The number of rotatable bonds is 8. The molecule has 0 aliphatic heterocycles. The van der Waals surface area contributed by atoms with Crippen LogP contribution in [-0.4, -0.2) is 30.8 Å². The van der Waals surface area contributed by atoms with Crippen molar-refractivity contribution in [1.82, 2.24) is 10.5 Å². The predicted octanol–water partition coefficient (Wildman–Crippen LogP) is 2.96. The van der Waals surface area contributed by atoms with E-state index in [2.05, 4.69) is 10.5 Å². The molecule has 1 N–H and O–H groups in total. The van der Waals surface area contributed by atoms with Crippen molar-refractivity contribution in [3.63, 3.8) is 0 Å². The summed E-state index contributed by atoms with van der Waals surface area (Å²) in [6.45, 7) is 3.38. The number of fused-ring (bicyclic) bond motifs is 1. The Morgan fingerprint density at radius 2 is 1.80 bits per heavy atom. The first kappa shape index (κ1) is 16.8. The average Bonchev–Trinajstić information content (AvgIpc) is 3.03. The van der Waals surface area contributed by atoms with Crippen LogP contribution >= 0.6 is 0 Å². The number of carbonyl (C=O) groups is 1. The van der Waals surface area contributed by atoms with Crippen LogP contribution in [0.4, 0.5) is 0 Å². The van der Waals surface area contributed by atoms with Gasteiger partial charge in [-0.1, -0.05) is 17.3 Å². The highest BCUT2D eigenvalue weighted by molar-refractivity contribution is 5.86. The Labute approximate surface area is 145 Å². The zero-order valence-corrected chi connectivity index (χ0v) is 14.0. The standard InChI is InChI=1S/C19H20N2O4/c1-2-23-14-7-9-15(10-8-14)24-12-11-20-19(22)13-17-16-5-3-4-6-18(16)25-21-17/h3-10H,2,11-13H2,1H3,(H,20,22). The van der Waals surface area contributed by atoms with Gasteiger partial charge in [0, 0.05) is 5.39 Å². The van der Waals surface area contributed by atoms with E-state index in [-0.39, 0.29) is 12.3 Å². The number of amides is 1. The number of benzene rings is 2. The Kier molecular flexibility index (Phi) is 5.51. The van der Waals surface area contributed by atoms with E-state index in [9.17, 15) is 4.79 Å². The molecule has 2 aromatic carbocycles. The molecule has 0 spiro atoms. The maximum Gasteiger partial charge on any atom is 0.226 e. The molecule has 3 aromatic rings. The smallest absolute Gasteiger partial charge is 0.226 e. The van der Waals surface area contributed by atoms with Gasteiger partial charge in [0.15, 0.2) is 5.58 Å². The summed E-state index contributed by atoms with van der Waals surface area (Å²) in [7, 11) is 0. The number of aromatic nitrogens is 1. The summed E-state index contributed by atoms with van der Waals surface area (Å²) in [5, 5.41) is 7.64. The van der Waals surface area contributed by atoms with Crippen LogP contribution in [0.5, 0.6) is 11.5 Å². The van der Waals surface area contributed by atoms with E-state index in [1.54, 1.807) is 0 Å². The third-order valence-electron chi connectivity index (χ3n) is 3.61. The Hall–Kier alpha value is -3.02. The molecule has 3 rings (SSSR count). The van der Waals surface area contributed by atoms with E-state index < -0.39 is 0 Å². The van der Waals surface area contributed by atoms with Crippen molar-refractivity contribution in [2.24, 2.45) is 0 Å². The van der Waals surface area contributed by atoms with E-state index in [1.165, 1.54) is 0 Å². The maximum absolute atomic E-state index is 12.0. The van der Waals surface area contributed by atoms with E-state index in [4.69, 9.17) is 14.0 Å². The van der Waals surface area contributed by atoms with Crippen LogP contribution < -0.4 is 14.8 Å². The zero-order valence-electron chi connectivity index (χ0n) is 14.0. The van der Waals surface area contributed by atoms with Gasteiger partial charge in [-0.25, -0.2) is 0 Å². The lowest BCUT2D eigenvalue weighted by Crippen LogP contribution is -2.29. The largest absolute Gasteiger partial charge is 0.494 e. The fourth-order valence-electron chi connectivity index (χ4n) is 2.44. The topological polar surface area (TPSA) is 73.6 Å². The Bertz CT molecular complexity index is 827. The summed E-state index contributed by atoms with van der Waals surface area (Å²) in [5.41, 5.74) is 1.32. The molecule has 0 radical (unpaired) electrons. The lowest BCUT2D eigenvalue weighted by Gasteiger charge is -2.08. The molecule has 0 fully saturated rings. The Morgan fingerprint density at radius 3 is 2.56 bits per heavy atom. The monoisotopic (exact) mass is 340 g/mol. The fraction of sp³-hybridized carbons (Fsp3) is 0.263. The molecule has 25 heavy (non-hydrogen) atoms. The van der Waals surface area contributed by atoms with Crippen LogP contribution in [0.1, 0.15) is 12.6 Å². The summed E-state index contributed by atoms with van der Waals surface area (Å²) >= 11 is 0. The molecule has 130 valence electrons. The van der Waals surface area contributed by atoms with E-state index in [0.29, 0.717) is 31.0 Å². The second-order valence-electron chi connectivity index (χ2n) is 5.41. The molecule has 0 saturated heterocycles. The first-order valence-electron chi connectivity index (χ1n) is 8.22. The summed E-state index contributed by atoms with van der Waals surface area (Å²) in [6, 6.07) is 14.9. The van der Waals surface area contributed by atoms with Gasteiger partial charge >= 0.3 is 0 Å². The van der Waals surface area contributed by atoms with Crippen molar-refractivity contribution in [3.8, 4) is 11.5 Å². The maximum atomic E-state index is 12.0. The minimum atomic E-state index is -0.116. The lowest BCUT2D eigenvalue weighted by molar-refractivity contribution is -0.120. The predicted molar refractivity (Wildman–Crippen MR) is 93.8 cm³/mol. The SMILES string of the molecule is CCOc1ccc(OCCNC(=O)Cc2noc3ccccc23)cc1. The molecule has 0 unspecified atom stereocenters. The van der Waals surface area contributed by atoms with E-state index in [1.807, 2.05) is 55.5 Å². The van der Waals surface area contributed by atoms with Gasteiger partial charge in [-0.15, -0.1) is 0 Å². The second-order valence-corrected chi connectivity index (χ2v) is 5.41.